The lowest BCUT2D eigenvalue weighted by Gasteiger charge is -2.19. The van der Waals surface area contributed by atoms with Gasteiger partial charge in [0.25, 0.3) is 0 Å². The topological polar surface area (TPSA) is 17.8 Å². The van der Waals surface area contributed by atoms with Crippen molar-refractivity contribution in [2.45, 2.75) is 0 Å². The van der Waals surface area contributed by atoms with Gasteiger partial charge < -0.3 is 0 Å². The molecular weight excluding hydrogens is 737 g/mol. The molecule has 0 aliphatic heterocycles. The first kappa shape index (κ1) is 34.9. The van der Waals surface area contributed by atoms with Crippen LogP contribution in [0.3, 0.4) is 0 Å². The molecule has 284 valence electrons. The number of hydrogen-bond acceptors (Lipinski definition) is 1. The van der Waals surface area contributed by atoms with E-state index in [0.29, 0.717) is 0 Å². The molecule has 0 saturated carbocycles. The highest BCUT2D eigenvalue weighted by atomic mass is 15.1. The van der Waals surface area contributed by atoms with Crippen LogP contribution in [0.1, 0.15) is 0 Å². The first-order valence-corrected chi connectivity index (χ1v) is 20.9. The zero-order chi connectivity index (χ0) is 40.3. The van der Waals surface area contributed by atoms with E-state index in [0.717, 1.165) is 33.7 Å². The Hall–Kier alpha value is -8.07. The fraction of sp³-hybridized carbons (Fsp3) is 0. The Morgan fingerprint density at radius 1 is 0.279 bits per heavy atom. The maximum absolute atomic E-state index is 5.17. The third-order valence-corrected chi connectivity index (χ3v) is 12.4. The predicted molar refractivity (Wildman–Crippen MR) is 258 cm³/mol. The highest BCUT2D eigenvalue weighted by molar-refractivity contribution is 6.22. The highest BCUT2D eigenvalue weighted by Gasteiger charge is 2.19. The van der Waals surface area contributed by atoms with Crippen LogP contribution in [0.4, 0.5) is 0 Å². The summed E-state index contributed by atoms with van der Waals surface area (Å²) in [5.74, 6) is 0.924. The summed E-state index contributed by atoms with van der Waals surface area (Å²) in [5.41, 5.74) is 13.9. The number of imidazole rings is 1. The van der Waals surface area contributed by atoms with Crippen molar-refractivity contribution in [1.29, 1.82) is 0 Å². The zero-order valence-corrected chi connectivity index (χ0v) is 33.3. The molecule has 2 heteroatoms. The second kappa shape index (κ2) is 14.3. The second-order valence-electron chi connectivity index (χ2n) is 15.9. The molecule has 1 aromatic heterocycles. The van der Waals surface area contributed by atoms with E-state index in [1.165, 1.54) is 82.0 Å². The Morgan fingerprint density at radius 3 is 1.41 bits per heavy atom. The van der Waals surface area contributed by atoms with Gasteiger partial charge in [-0.25, -0.2) is 4.98 Å². The molecule has 0 aliphatic carbocycles. The van der Waals surface area contributed by atoms with Crippen LogP contribution in [0.15, 0.2) is 231 Å². The van der Waals surface area contributed by atoms with E-state index < -0.39 is 0 Å². The molecule has 0 bridgehead atoms. The number of para-hydroxylation sites is 2. The first-order valence-electron chi connectivity index (χ1n) is 20.9. The van der Waals surface area contributed by atoms with Gasteiger partial charge in [0.2, 0.25) is 0 Å². The lowest BCUT2D eigenvalue weighted by Crippen LogP contribution is -1.97. The van der Waals surface area contributed by atoms with Gasteiger partial charge >= 0.3 is 0 Å². The SMILES string of the molecule is c1ccc(-c2ccc(-c3nc4ccccc4n3-c3ccc(-c4ccc5c(-c6ccc7ccccc7c6)c6ccccc6c(-c6ccc7ccccc7c6)c5c4)cc3)cc2)cc1. The fourth-order valence-electron chi connectivity index (χ4n) is 9.40. The lowest BCUT2D eigenvalue weighted by atomic mass is 9.84. The number of nitrogens with zero attached hydrogens (tertiary/aromatic N) is 2. The molecule has 11 aromatic carbocycles. The van der Waals surface area contributed by atoms with E-state index in [-0.39, 0.29) is 0 Å². The van der Waals surface area contributed by atoms with Crippen LogP contribution in [-0.2, 0) is 0 Å². The van der Waals surface area contributed by atoms with E-state index in [4.69, 9.17) is 4.98 Å². The average Bonchev–Trinajstić information content (AvgIpc) is 3.73. The van der Waals surface area contributed by atoms with E-state index in [2.05, 4.69) is 235 Å². The monoisotopic (exact) mass is 774 g/mol. The van der Waals surface area contributed by atoms with Crippen molar-refractivity contribution in [3.63, 3.8) is 0 Å². The van der Waals surface area contributed by atoms with E-state index in [1.54, 1.807) is 0 Å². The molecule has 0 atom stereocenters. The summed E-state index contributed by atoms with van der Waals surface area (Å²) < 4.78 is 2.29. The van der Waals surface area contributed by atoms with Gasteiger partial charge in [0.15, 0.2) is 0 Å². The van der Waals surface area contributed by atoms with Crippen LogP contribution < -0.4 is 0 Å². The van der Waals surface area contributed by atoms with E-state index in [1.807, 2.05) is 0 Å². The van der Waals surface area contributed by atoms with Crippen molar-refractivity contribution >= 4 is 54.1 Å². The molecule has 1 heterocycles. The third kappa shape index (κ3) is 6.00. The van der Waals surface area contributed by atoms with Gasteiger partial charge in [0, 0.05) is 11.3 Å². The van der Waals surface area contributed by atoms with Gasteiger partial charge in [0.05, 0.1) is 11.0 Å². The minimum Gasteiger partial charge on any atom is -0.292 e. The van der Waals surface area contributed by atoms with E-state index in [9.17, 15) is 0 Å². The maximum Gasteiger partial charge on any atom is 0.145 e. The van der Waals surface area contributed by atoms with Crippen molar-refractivity contribution in [2.75, 3.05) is 0 Å². The number of hydrogen-bond donors (Lipinski definition) is 0. The van der Waals surface area contributed by atoms with Crippen LogP contribution in [-0.4, -0.2) is 9.55 Å². The van der Waals surface area contributed by atoms with Crippen molar-refractivity contribution in [3.8, 4) is 61.6 Å². The molecule has 0 spiro atoms. The van der Waals surface area contributed by atoms with Gasteiger partial charge in [-0.1, -0.05) is 188 Å². The summed E-state index contributed by atoms with van der Waals surface area (Å²) in [7, 11) is 0. The van der Waals surface area contributed by atoms with Crippen molar-refractivity contribution in [1.82, 2.24) is 9.55 Å². The molecule has 0 aliphatic rings. The number of fused-ring (bicyclic) bond motifs is 5. The number of benzene rings is 11. The molecule has 12 aromatic rings. The molecule has 0 unspecified atom stereocenters. The summed E-state index contributed by atoms with van der Waals surface area (Å²) in [6.07, 6.45) is 0. The summed E-state index contributed by atoms with van der Waals surface area (Å²) >= 11 is 0. The minimum absolute atomic E-state index is 0.924. The van der Waals surface area contributed by atoms with Crippen LogP contribution in [0.2, 0.25) is 0 Å². The molecule has 0 amide bonds. The Kier molecular flexibility index (Phi) is 8.21. The summed E-state index contributed by atoms with van der Waals surface area (Å²) in [5, 5.41) is 9.94. The van der Waals surface area contributed by atoms with Crippen molar-refractivity contribution in [2.24, 2.45) is 0 Å². The predicted octanol–water partition coefficient (Wildman–Crippen LogP) is 16.0. The van der Waals surface area contributed by atoms with Gasteiger partial charge in [-0.15, -0.1) is 0 Å². The van der Waals surface area contributed by atoms with Crippen molar-refractivity contribution < 1.29 is 0 Å². The van der Waals surface area contributed by atoms with E-state index >= 15 is 0 Å². The van der Waals surface area contributed by atoms with Crippen LogP contribution in [0.5, 0.6) is 0 Å². The Labute approximate surface area is 354 Å². The molecule has 0 fully saturated rings. The Morgan fingerprint density at radius 2 is 0.738 bits per heavy atom. The normalized spacial score (nSPS) is 11.6. The van der Waals surface area contributed by atoms with Gasteiger partial charge in [-0.2, -0.15) is 0 Å². The van der Waals surface area contributed by atoms with Gasteiger partial charge in [-0.3, -0.25) is 4.57 Å². The zero-order valence-electron chi connectivity index (χ0n) is 33.3. The fourth-order valence-corrected chi connectivity index (χ4v) is 9.40. The Bertz CT molecular complexity index is 3620. The highest BCUT2D eigenvalue weighted by Crippen LogP contribution is 2.46. The van der Waals surface area contributed by atoms with Crippen LogP contribution >= 0.6 is 0 Å². The molecule has 61 heavy (non-hydrogen) atoms. The van der Waals surface area contributed by atoms with Crippen LogP contribution in [0.25, 0.3) is 116 Å². The second-order valence-corrected chi connectivity index (χ2v) is 15.9. The van der Waals surface area contributed by atoms with Gasteiger partial charge in [-0.05, 0) is 130 Å². The number of aromatic nitrogens is 2. The Balaban J connectivity index is 1.02. The quantitative estimate of drug-likeness (QED) is 0.154. The molecular formula is C59H38N2. The lowest BCUT2D eigenvalue weighted by molar-refractivity contribution is 1.10. The third-order valence-electron chi connectivity index (χ3n) is 12.4. The van der Waals surface area contributed by atoms with Gasteiger partial charge in [0.1, 0.15) is 5.82 Å². The van der Waals surface area contributed by atoms with Crippen molar-refractivity contribution in [3.05, 3.63) is 231 Å². The molecule has 2 nitrogen and oxygen atoms in total. The standard InChI is InChI=1S/C59H38N2/c1-2-12-39(13-3-1)42-22-26-44(27-23-42)59-60-55-20-10-11-21-56(55)61(59)50-33-30-43(31-34-50)47-32-35-53-54(38-47)58(49-29-25-41-15-5-7-17-46(41)37-49)52-19-9-8-18-51(52)57(53)48-28-24-40-14-4-6-16-45(40)36-48/h1-38H. The first-order chi connectivity index (χ1) is 30.2. The summed E-state index contributed by atoms with van der Waals surface area (Å²) in [6, 6.07) is 83.8. The maximum atomic E-state index is 5.17. The molecule has 0 radical (unpaired) electrons. The van der Waals surface area contributed by atoms with Crippen LogP contribution in [0, 0.1) is 0 Å². The largest absolute Gasteiger partial charge is 0.292 e. The average molecular weight is 775 g/mol. The number of rotatable bonds is 6. The summed E-state index contributed by atoms with van der Waals surface area (Å²) in [4.78, 5) is 5.17. The molecule has 0 N–H and O–H groups in total. The summed E-state index contributed by atoms with van der Waals surface area (Å²) in [6.45, 7) is 0. The smallest absolute Gasteiger partial charge is 0.145 e. The minimum atomic E-state index is 0.924. The molecule has 12 rings (SSSR count). The molecule has 0 saturated heterocycles.